The van der Waals surface area contributed by atoms with E-state index in [1.807, 2.05) is 31.2 Å². The molecule has 0 aliphatic heterocycles. The number of allylic oxidation sites excluding steroid dienone is 1. The lowest BCUT2D eigenvalue weighted by atomic mass is 9.97. The van der Waals surface area contributed by atoms with Crippen molar-refractivity contribution in [3.05, 3.63) is 95.8 Å². The lowest BCUT2D eigenvalue weighted by molar-refractivity contribution is -0.140. The lowest BCUT2D eigenvalue weighted by Crippen LogP contribution is -2.12. The Bertz CT molecular complexity index is 1170. The fourth-order valence-corrected chi connectivity index (χ4v) is 4.23. The molecule has 0 spiro atoms. The van der Waals surface area contributed by atoms with Gasteiger partial charge in [0, 0.05) is 30.1 Å². The molecule has 2 aromatic carbocycles. The van der Waals surface area contributed by atoms with E-state index in [0.717, 1.165) is 22.3 Å². The van der Waals surface area contributed by atoms with Crippen LogP contribution in [0.4, 0.5) is 5.69 Å². The molecule has 1 aromatic heterocycles. The number of esters is 1. The fourth-order valence-electron chi connectivity index (χ4n) is 3.17. The third-order valence-electron chi connectivity index (χ3n) is 4.91. The second-order valence-corrected chi connectivity index (χ2v) is 9.01. The van der Waals surface area contributed by atoms with E-state index in [1.165, 1.54) is 7.11 Å². The standard InChI is InChI=1S/C25H26N2O4S/c1-19-9-15-23(16-10-19)32(29,30)27-22-13-11-20(12-14-22)24(21-6-5-17-26-18-21)7-3-4-8-25(28)31-2/h5-7,9-18,27H,3-4,8H2,1-2H3. The number of carbonyl (C=O) groups is 1. The van der Waals surface area contributed by atoms with Crippen LogP contribution in [0.2, 0.25) is 0 Å². The van der Waals surface area contributed by atoms with Crippen LogP contribution in [0.25, 0.3) is 5.57 Å². The zero-order valence-electron chi connectivity index (χ0n) is 18.1. The zero-order valence-corrected chi connectivity index (χ0v) is 18.9. The number of hydrogen-bond acceptors (Lipinski definition) is 5. The van der Waals surface area contributed by atoms with Gasteiger partial charge in [0.25, 0.3) is 10.0 Å². The maximum atomic E-state index is 12.6. The van der Waals surface area contributed by atoms with Gasteiger partial charge in [0.2, 0.25) is 0 Å². The van der Waals surface area contributed by atoms with Crippen LogP contribution in [0.15, 0.2) is 84.0 Å². The van der Waals surface area contributed by atoms with E-state index in [1.54, 1.807) is 48.8 Å². The third kappa shape index (κ3) is 6.28. The summed E-state index contributed by atoms with van der Waals surface area (Å²) in [6.45, 7) is 1.91. The Kier molecular flexibility index (Phi) is 7.78. The van der Waals surface area contributed by atoms with Crippen molar-refractivity contribution in [2.24, 2.45) is 0 Å². The predicted octanol–water partition coefficient (Wildman–Crippen LogP) is 4.97. The Morgan fingerprint density at radius 3 is 2.38 bits per heavy atom. The van der Waals surface area contributed by atoms with Crippen molar-refractivity contribution >= 4 is 27.3 Å². The number of ether oxygens (including phenoxy) is 1. The smallest absolute Gasteiger partial charge is 0.305 e. The van der Waals surface area contributed by atoms with Crippen LogP contribution in [0.3, 0.4) is 0 Å². The molecule has 0 amide bonds. The van der Waals surface area contributed by atoms with Crippen molar-refractivity contribution in [3.63, 3.8) is 0 Å². The normalized spacial score (nSPS) is 11.8. The molecule has 1 N–H and O–H groups in total. The van der Waals surface area contributed by atoms with Crippen LogP contribution in [-0.4, -0.2) is 26.5 Å². The van der Waals surface area contributed by atoms with Crippen molar-refractivity contribution in [1.29, 1.82) is 0 Å². The van der Waals surface area contributed by atoms with Crippen LogP contribution in [0.5, 0.6) is 0 Å². The van der Waals surface area contributed by atoms with E-state index >= 15 is 0 Å². The highest BCUT2D eigenvalue weighted by atomic mass is 32.2. The molecule has 0 unspecified atom stereocenters. The molecule has 0 atom stereocenters. The van der Waals surface area contributed by atoms with Gasteiger partial charge in [-0.2, -0.15) is 0 Å². The maximum Gasteiger partial charge on any atom is 0.305 e. The van der Waals surface area contributed by atoms with E-state index in [9.17, 15) is 13.2 Å². The molecular weight excluding hydrogens is 424 g/mol. The first-order valence-electron chi connectivity index (χ1n) is 10.3. The van der Waals surface area contributed by atoms with Gasteiger partial charge in [-0.25, -0.2) is 8.42 Å². The molecule has 7 heteroatoms. The van der Waals surface area contributed by atoms with Gasteiger partial charge in [0.1, 0.15) is 0 Å². The van der Waals surface area contributed by atoms with Crippen LogP contribution >= 0.6 is 0 Å². The minimum atomic E-state index is -3.66. The molecule has 0 aliphatic carbocycles. The molecule has 0 bridgehead atoms. The number of aryl methyl sites for hydroxylation is 1. The van der Waals surface area contributed by atoms with Gasteiger partial charge in [-0.15, -0.1) is 0 Å². The van der Waals surface area contributed by atoms with E-state index in [2.05, 4.69) is 15.8 Å². The molecule has 166 valence electrons. The van der Waals surface area contributed by atoms with E-state index in [0.29, 0.717) is 24.9 Å². The third-order valence-corrected chi connectivity index (χ3v) is 6.31. The number of hydrogen-bond donors (Lipinski definition) is 1. The lowest BCUT2D eigenvalue weighted by Gasteiger charge is -2.12. The number of anilines is 1. The molecule has 0 fully saturated rings. The number of pyridine rings is 1. The monoisotopic (exact) mass is 450 g/mol. The number of rotatable bonds is 9. The summed E-state index contributed by atoms with van der Waals surface area (Å²) in [6, 6.07) is 17.7. The number of sulfonamides is 1. The highest BCUT2D eigenvalue weighted by Gasteiger charge is 2.14. The topological polar surface area (TPSA) is 85.4 Å². The number of carbonyl (C=O) groups excluding carboxylic acids is 1. The average Bonchev–Trinajstić information content (AvgIpc) is 2.80. The largest absolute Gasteiger partial charge is 0.469 e. The predicted molar refractivity (Wildman–Crippen MR) is 126 cm³/mol. The Morgan fingerprint density at radius 1 is 1.03 bits per heavy atom. The van der Waals surface area contributed by atoms with Crippen LogP contribution in [0, 0.1) is 6.92 Å². The summed E-state index contributed by atoms with van der Waals surface area (Å²) in [5, 5.41) is 0. The summed E-state index contributed by atoms with van der Waals surface area (Å²) in [6.07, 6.45) is 7.27. The van der Waals surface area contributed by atoms with Crippen molar-refractivity contribution in [1.82, 2.24) is 4.98 Å². The summed E-state index contributed by atoms with van der Waals surface area (Å²) >= 11 is 0. The number of aromatic nitrogens is 1. The molecule has 0 aliphatic rings. The zero-order chi connectivity index (χ0) is 23.0. The number of nitrogens with zero attached hydrogens (tertiary/aromatic N) is 1. The number of methoxy groups -OCH3 is 1. The van der Waals surface area contributed by atoms with Crippen LogP contribution in [-0.2, 0) is 19.6 Å². The summed E-state index contributed by atoms with van der Waals surface area (Å²) in [5.74, 6) is -0.230. The number of nitrogens with one attached hydrogen (secondary N) is 1. The van der Waals surface area contributed by atoms with Gasteiger partial charge in [0.05, 0.1) is 12.0 Å². The molecule has 0 saturated heterocycles. The van der Waals surface area contributed by atoms with E-state index in [4.69, 9.17) is 4.74 Å². The van der Waals surface area contributed by atoms with Crippen molar-refractivity contribution in [2.75, 3.05) is 11.8 Å². The molecular formula is C25H26N2O4S. The molecule has 6 nitrogen and oxygen atoms in total. The second kappa shape index (κ2) is 10.7. The number of unbranched alkanes of at least 4 members (excludes halogenated alkanes) is 1. The molecule has 0 radical (unpaired) electrons. The first-order chi connectivity index (χ1) is 15.4. The molecule has 32 heavy (non-hydrogen) atoms. The summed E-state index contributed by atoms with van der Waals surface area (Å²) in [4.78, 5) is 15.8. The van der Waals surface area contributed by atoms with Crippen LogP contribution < -0.4 is 4.72 Å². The molecule has 1 heterocycles. The van der Waals surface area contributed by atoms with Gasteiger partial charge in [-0.05, 0) is 61.2 Å². The highest BCUT2D eigenvalue weighted by Crippen LogP contribution is 2.26. The van der Waals surface area contributed by atoms with Crippen molar-refractivity contribution < 1.29 is 17.9 Å². The Hall–Kier alpha value is -3.45. The summed E-state index contributed by atoms with van der Waals surface area (Å²) < 4.78 is 32.6. The van der Waals surface area contributed by atoms with E-state index < -0.39 is 10.0 Å². The fraction of sp³-hybridized carbons (Fsp3) is 0.200. The maximum absolute atomic E-state index is 12.6. The molecule has 3 rings (SSSR count). The quantitative estimate of drug-likeness (QED) is 0.368. The molecule has 0 saturated carbocycles. The highest BCUT2D eigenvalue weighted by molar-refractivity contribution is 7.92. The Morgan fingerprint density at radius 2 is 1.75 bits per heavy atom. The first-order valence-corrected chi connectivity index (χ1v) is 11.7. The Labute approximate surface area is 189 Å². The first kappa shape index (κ1) is 23.2. The van der Waals surface area contributed by atoms with Crippen LogP contribution in [0.1, 0.15) is 36.0 Å². The summed E-state index contributed by atoms with van der Waals surface area (Å²) in [7, 11) is -2.28. The van der Waals surface area contributed by atoms with Gasteiger partial charge >= 0.3 is 5.97 Å². The van der Waals surface area contributed by atoms with Crippen molar-refractivity contribution in [3.8, 4) is 0 Å². The SMILES string of the molecule is COC(=O)CCCC=C(c1ccc(NS(=O)(=O)c2ccc(C)cc2)cc1)c1cccnc1. The Balaban J connectivity index is 1.79. The van der Waals surface area contributed by atoms with Crippen molar-refractivity contribution in [2.45, 2.75) is 31.1 Å². The van der Waals surface area contributed by atoms with Gasteiger partial charge in [0.15, 0.2) is 0 Å². The summed E-state index contributed by atoms with van der Waals surface area (Å²) in [5.41, 5.74) is 4.31. The van der Waals surface area contributed by atoms with E-state index in [-0.39, 0.29) is 10.9 Å². The minimum absolute atomic E-state index is 0.216. The van der Waals surface area contributed by atoms with Gasteiger partial charge in [-0.3, -0.25) is 14.5 Å². The van der Waals surface area contributed by atoms with Gasteiger partial charge < -0.3 is 4.74 Å². The minimum Gasteiger partial charge on any atom is -0.469 e. The average molecular weight is 451 g/mol. The number of benzene rings is 2. The molecule has 3 aromatic rings. The van der Waals surface area contributed by atoms with Gasteiger partial charge in [-0.1, -0.05) is 42.0 Å². The second-order valence-electron chi connectivity index (χ2n) is 7.32.